The van der Waals surface area contributed by atoms with Crippen molar-refractivity contribution in [2.45, 2.75) is 39.2 Å². The van der Waals surface area contributed by atoms with Gasteiger partial charge in [0.1, 0.15) is 0 Å². The second-order valence-corrected chi connectivity index (χ2v) is 8.25. The fraction of sp³-hybridized carbons (Fsp3) is 0.667. The van der Waals surface area contributed by atoms with E-state index in [0.29, 0.717) is 31.8 Å². The number of pyridine rings is 1. The number of hydrogen-bond acceptors (Lipinski definition) is 3. The molecular formula is C15H22N2O3S. The van der Waals surface area contributed by atoms with Gasteiger partial charge in [0.2, 0.25) is 10.0 Å². The highest BCUT2D eigenvalue weighted by atomic mass is 32.2. The first-order valence-corrected chi connectivity index (χ1v) is 9.31. The van der Waals surface area contributed by atoms with Crippen molar-refractivity contribution in [2.75, 3.05) is 18.8 Å². The second kappa shape index (κ2) is 5.57. The Morgan fingerprint density at radius 3 is 2.57 bits per heavy atom. The number of sulfonamides is 1. The summed E-state index contributed by atoms with van der Waals surface area (Å²) in [5.74, 6) is 0.769. The van der Waals surface area contributed by atoms with Crippen LogP contribution in [0.4, 0.5) is 0 Å². The van der Waals surface area contributed by atoms with Gasteiger partial charge in [0.05, 0.1) is 5.75 Å². The first-order chi connectivity index (χ1) is 10.0. The van der Waals surface area contributed by atoms with Gasteiger partial charge in [0.15, 0.2) is 0 Å². The van der Waals surface area contributed by atoms with Crippen molar-refractivity contribution in [3.05, 3.63) is 33.7 Å². The molecular weight excluding hydrogens is 288 g/mol. The van der Waals surface area contributed by atoms with Crippen LogP contribution < -0.4 is 5.56 Å². The predicted octanol–water partition coefficient (Wildman–Crippen LogP) is 1.01. The maximum atomic E-state index is 12.1. The van der Waals surface area contributed by atoms with Crippen molar-refractivity contribution in [3.8, 4) is 0 Å². The maximum Gasteiger partial charge on any atom is 0.250 e. The lowest BCUT2D eigenvalue weighted by atomic mass is 10.1. The number of nitrogens with zero attached hydrogens (tertiary/aromatic N) is 2. The van der Waals surface area contributed by atoms with E-state index in [1.807, 2.05) is 10.6 Å². The summed E-state index contributed by atoms with van der Waals surface area (Å²) in [6.07, 6.45) is 3.73. The average molecular weight is 310 g/mol. The largest absolute Gasteiger partial charge is 0.312 e. The molecule has 21 heavy (non-hydrogen) atoms. The van der Waals surface area contributed by atoms with Crippen LogP contribution in [0.5, 0.6) is 0 Å². The predicted molar refractivity (Wildman–Crippen MR) is 81.9 cm³/mol. The van der Waals surface area contributed by atoms with Gasteiger partial charge in [-0.2, -0.15) is 0 Å². The third kappa shape index (κ3) is 3.06. The van der Waals surface area contributed by atoms with E-state index >= 15 is 0 Å². The van der Waals surface area contributed by atoms with Crippen LogP contribution in [0.1, 0.15) is 31.0 Å². The van der Waals surface area contributed by atoms with E-state index in [1.54, 1.807) is 17.3 Å². The molecule has 1 aliphatic carbocycles. The molecule has 0 aromatic carbocycles. The summed E-state index contributed by atoms with van der Waals surface area (Å²) >= 11 is 0. The summed E-state index contributed by atoms with van der Waals surface area (Å²) in [5, 5.41) is 0. The van der Waals surface area contributed by atoms with Gasteiger partial charge in [-0.15, -0.1) is 0 Å². The van der Waals surface area contributed by atoms with Crippen LogP contribution in [0.2, 0.25) is 0 Å². The molecule has 2 aliphatic rings. The van der Waals surface area contributed by atoms with Crippen LogP contribution in [0.3, 0.4) is 0 Å². The molecule has 0 bridgehead atoms. The van der Waals surface area contributed by atoms with Crippen molar-refractivity contribution >= 4 is 10.0 Å². The van der Waals surface area contributed by atoms with Crippen LogP contribution in [0.15, 0.2) is 16.9 Å². The Bertz CT molecular complexity index is 689. The molecule has 0 radical (unpaired) electrons. The Hall–Kier alpha value is -1.14. The van der Waals surface area contributed by atoms with Crippen molar-refractivity contribution in [1.82, 2.24) is 8.87 Å². The molecule has 116 valence electrons. The van der Waals surface area contributed by atoms with Gasteiger partial charge in [-0.1, -0.05) is 6.07 Å². The Labute approximate surface area is 125 Å². The Balaban J connectivity index is 1.90. The second-order valence-electron chi connectivity index (χ2n) is 6.00. The van der Waals surface area contributed by atoms with Gasteiger partial charge in [-0.3, -0.25) is 4.79 Å². The Morgan fingerprint density at radius 2 is 1.90 bits per heavy atom. The molecule has 0 saturated heterocycles. The zero-order valence-electron chi connectivity index (χ0n) is 12.4. The molecule has 0 atom stereocenters. The normalized spacial score (nSPS) is 20.0. The summed E-state index contributed by atoms with van der Waals surface area (Å²) in [7, 11) is -3.15. The lowest BCUT2D eigenvalue weighted by Gasteiger charge is -2.18. The topological polar surface area (TPSA) is 59.4 Å². The van der Waals surface area contributed by atoms with E-state index in [4.69, 9.17) is 0 Å². The number of rotatable bonds is 4. The molecule has 0 spiro atoms. The minimum absolute atomic E-state index is 0.0486. The number of aromatic nitrogens is 1. The lowest BCUT2D eigenvalue weighted by Crippen LogP contribution is -2.34. The Morgan fingerprint density at radius 1 is 1.19 bits per heavy atom. The van der Waals surface area contributed by atoms with Gasteiger partial charge in [0, 0.05) is 37.8 Å². The monoisotopic (exact) mass is 310 g/mol. The van der Waals surface area contributed by atoms with Crippen LogP contribution in [0.25, 0.3) is 0 Å². The molecule has 6 heteroatoms. The van der Waals surface area contributed by atoms with Gasteiger partial charge in [0.25, 0.3) is 5.56 Å². The van der Waals surface area contributed by atoms with Crippen LogP contribution in [-0.2, 0) is 29.4 Å². The fourth-order valence-electron chi connectivity index (χ4n) is 2.99. The van der Waals surface area contributed by atoms with Crippen molar-refractivity contribution < 1.29 is 8.42 Å². The van der Waals surface area contributed by atoms with E-state index in [9.17, 15) is 13.2 Å². The maximum absolute atomic E-state index is 12.1. The first kappa shape index (κ1) is 14.8. The highest BCUT2D eigenvalue weighted by Crippen LogP contribution is 2.31. The zero-order chi connectivity index (χ0) is 15.0. The molecule has 3 rings (SSSR count). The molecule has 1 aromatic heterocycles. The van der Waals surface area contributed by atoms with Crippen LogP contribution in [0, 0.1) is 5.92 Å². The molecule has 2 heterocycles. The van der Waals surface area contributed by atoms with Crippen molar-refractivity contribution in [3.63, 3.8) is 0 Å². The standard InChI is InChI=1S/C15H22N2O3S/c1-2-21(19,20)16-9-7-13-5-6-15(18)17(11-12-3-4-12)14(13)8-10-16/h5-6,12H,2-4,7-11H2,1H3. The number of hydrogen-bond donors (Lipinski definition) is 0. The van der Waals surface area contributed by atoms with Crippen molar-refractivity contribution in [1.29, 1.82) is 0 Å². The summed E-state index contributed by atoms with van der Waals surface area (Å²) < 4.78 is 27.6. The fourth-order valence-corrected chi connectivity index (χ4v) is 4.10. The number of fused-ring (bicyclic) bond motifs is 1. The van der Waals surface area contributed by atoms with Crippen molar-refractivity contribution in [2.24, 2.45) is 5.92 Å². The van der Waals surface area contributed by atoms with Crippen LogP contribution >= 0.6 is 0 Å². The smallest absolute Gasteiger partial charge is 0.250 e. The van der Waals surface area contributed by atoms with Gasteiger partial charge in [-0.25, -0.2) is 12.7 Å². The van der Waals surface area contributed by atoms with Gasteiger partial charge < -0.3 is 4.57 Å². The molecule has 0 amide bonds. The average Bonchev–Trinajstić information content (AvgIpc) is 3.28. The first-order valence-electron chi connectivity index (χ1n) is 7.70. The molecule has 5 nitrogen and oxygen atoms in total. The minimum Gasteiger partial charge on any atom is -0.312 e. The van der Waals surface area contributed by atoms with Crippen LogP contribution in [-0.4, -0.2) is 36.1 Å². The lowest BCUT2D eigenvalue weighted by molar-refractivity contribution is 0.425. The zero-order valence-corrected chi connectivity index (χ0v) is 13.2. The minimum atomic E-state index is -3.15. The molecule has 1 aliphatic heterocycles. The van der Waals surface area contributed by atoms with Gasteiger partial charge >= 0.3 is 0 Å². The molecule has 0 unspecified atom stereocenters. The highest BCUT2D eigenvalue weighted by molar-refractivity contribution is 7.89. The van der Waals surface area contributed by atoms with E-state index in [-0.39, 0.29) is 11.3 Å². The van der Waals surface area contributed by atoms with Gasteiger partial charge in [-0.05, 0) is 37.7 Å². The molecule has 1 fully saturated rings. The van der Waals surface area contributed by atoms with E-state index < -0.39 is 10.0 Å². The van der Waals surface area contributed by atoms with E-state index in [1.165, 1.54) is 12.8 Å². The third-order valence-electron chi connectivity index (χ3n) is 4.51. The Kier molecular flexibility index (Phi) is 3.92. The quantitative estimate of drug-likeness (QED) is 0.834. The molecule has 0 N–H and O–H groups in total. The summed E-state index contributed by atoms with van der Waals surface area (Å²) in [5.41, 5.74) is 2.22. The van der Waals surface area contributed by atoms with E-state index in [0.717, 1.165) is 17.8 Å². The molecule has 1 saturated carbocycles. The highest BCUT2D eigenvalue weighted by Gasteiger charge is 2.27. The summed E-state index contributed by atoms with van der Waals surface area (Å²) in [4.78, 5) is 12.1. The van der Waals surface area contributed by atoms with E-state index in [2.05, 4.69) is 0 Å². The summed E-state index contributed by atoms with van der Waals surface area (Å²) in [6, 6.07) is 3.51. The SMILES string of the molecule is CCS(=O)(=O)N1CCc2ccc(=O)n(CC3CC3)c2CC1. The summed E-state index contributed by atoms with van der Waals surface area (Å²) in [6.45, 7) is 3.47. The molecule has 1 aromatic rings. The third-order valence-corrected chi connectivity index (χ3v) is 6.40.